The molecule has 0 atom stereocenters. The summed E-state index contributed by atoms with van der Waals surface area (Å²) in [6.45, 7) is 3.62. The van der Waals surface area contributed by atoms with Crippen LogP contribution in [0.25, 0.3) is 17.1 Å². The van der Waals surface area contributed by atoms with Crippen molar-refractivity contribution >= 4 is 5.95 Å². The second kappa shape index (κ2) is 11.4. The first kappa shape index (κ1) is 26.6. The van der Waals surface area contributed by atoms with Gasteiger partial charge in [0.2, 0.25) is 5.95 Å². The molecule has 3 aromatic rings. The highest BCUT2D eigenvalue weighted by Gasteiger charge is 2.27. The lowest BCUT2D eigenvalue weighted by molar-refractivity contribution is -0.0478. The van der Waals surface area contributed by atoms with Crippen LogP contribution in [0.5, 0.6) is 0 Å². The molecule has 0 amide bonds. The molecule has 7 nitrogen and oxygen atoms in total. The Morgan fingerprint density at radius 1 is 1.00 bits per heavy atom. The number of halogens is 1. The number of benzene rings is 1. The van der Waals surface area contributed by atoms with Gasteiger partial charge in [0.25, 0.3) is 0 Å². The second-order valence-corrected chi connectivity index (χ2v) is 10.4. The van der Waals surface area contributed by atoms with Crippen LogP contribution in [0.1, 0.15) is 39.5 Å². The zero-order chi connectivity index (χ0) is 27.4. The van der Waals surface area contributed by atoms with Crippen LogP contribution < -0.4 is 11.0 Å². The molecule has 8 heteroatoms. The molecule has 0 radical (unpaired) electrons. The molecule has 1 saturated carbocycles. The van der Waals surface area contributed by atoms with E-state index in [0.717, 1.165) is 25.7 Å². The van der Waals surface area contributed by atoms with Crippen molar-refractivity contribution < 1.29 is 9.13 Å². The Hall–Kier alpha value is -4.04. The Morgan fingerprint density at radius 3 is 2.46 bits per heavy atom. The van der Waals surface area contributed by atoms with E-state index in [1.807, 2.05) is 19.9 Å². The number of allylic oxidation sites excluding steroid dienone is 8. The Kier molecular flexibility index (Phi) is 7.74. The Labute approximate surface area is 228 Å². The van der Waals surface area contributed by atoms with Crippen molar-refractivity contribution in [1.82, 2.24) is 19.1 Å². The van der Waals surface area contributed by atoms with Crippen molar-refractivity contribution in [2.24, 2.45) is 5.92 Å². The summed E-state index contributed by atoms with van der Waals surface area (Å²) < 4.78 is 22.3. The maximum Gasteiger partial charge on any atom is 0.335 e. The largest absolute Gasteiger partial charge is 0.359 e. The first-order valence-corrected chi connectivity index (χ1v) is 13.3. The Balaban J connectivity index is 1.39. The number of anilines is 1. The monoisotopic (exact) mass is 527 g/mol. The predicted octanol–water partition coefficient (Wildman–Crippen LogP) is 6.15. The third kappa shape index (κ3) is 5.86. The molecule has 0 spiro atoms. The molecular formula is C31H34FN5O2. The van der Waals surface area contributed by atoms with Gasteiger partial charge in [-0.05, 0) is 81.4 Å². The quantitative estimate of drug-likeness (QED) is 0.399. The molecule has 1 fully saturated rings. The van der Waals surface area contributed by atoms with Gasteiger partial charge in [-0.1, -0.05) is 42.5 Å². The van der Waals surface area contributed by atoms with Crippen molar-refractivity contribution in [1.29, 1.82) is 0 Å². The fourth-order valence-corrected chi connectivity index (χ4v) is 5.13. The van der Waals surface area contributed by atoms with E-state index in [1.54, 1.807) is 37.7 Å². The third-order valence-corrected chi connectivity index (χ3v) is 7.53. The molecule has 0 saturated heterocycles. The van der Waals surface area contributed by atoms with E-state index < -0.39 is 5.72 Å². The fraction of sp³-hybridized carbons (Fsp3) is 0.323. The van der Waals surface area contributed by atoms with E-state index >= 15 is 0 Å². The number of ether oxygens (including phenoxy) is 1. The third-order valence-electron chi connectivity index (χ3n) is 7.53. The van der Waals surface area contributed by atoms with Gasteiger partial charge >= 0.3 is 5.69 Å². The van der Waals surface area contributed by atoms with Crippen molar-refractivity contribution in [3.05, 3.63) is 107 Å². The Morgan fingerprint density at radius 2 is 1.72 bits per heavy atom. The highest BCUT2D eigenvalue weighted by Crippen LogP contribution is 2.32. The van der Waals surface area contributed by atoms with E-state index in [-0.39, 0.29) is 17.5 Å². The lowest BCUT2D eigenvalue weighted by atomic mass is 9.81. The van der Waals surface area contributed by atoms with Crippen molar-refractivity contribution in [3.63, 3.8) is 0 Å². The highest BCUT2D eigenvalue weighted by molar-refractivity contribution is 5.59. The molecular weight excluding hydrogens is 493 g/mol. The minimum absolute atomic E-state index is 0.265. The standard InChI is InChI=1S/C31H34FN5O2/c1-31(2,39-3)36-21-28(37(30(36)38)26-17-13-24(32)14-18-26)27-19-20-33-29(35-27)34-25-15-11-23(12-16-25)22-9-7-5-4-6-8-10-22/h4-10,13-14,17-21,23,25H,11-12,15-16H2,1-3H3,(H,33,34,35)/b5-4-,6-4?,7-5?,8-6-,9-7-,10-8?,22-9?,22-10+. The number of hydrogen-bond donors (Lipinski definition) is 1. The summed E-state index contributed by atoms with van der Waals surface area (Å²) in [6, 6.07) is 7.87. The summed E-state index contributed by atoms with van der Waals surface area (Å²) in [7, 11) is 1.56. The molecule has 202 valence electrons. The molecule has 1 N–H and O–H groups in total. The summed E-state index contributed by atoms with van der Waals surface area (Å²) >= 11 is 0. The Bertz CT molecular complexity index is 1490. The molecule has 0 aliphatic heterocycles. The number of methoxy groups -OCH3 is 1. The zero-order valence-electron chi connectivity index (χ0n) is 22.5. The van der Waals surface area contributed by atoms with E-state index in [0.29, 0.717) is 28.9 Å². The van der Waals surface area contributed by atoms with Gasteiger partial charge in [0.1, 0.15) is 11.5 Å². The fourth-order valence-electron chi connectivity index (χ4n) is 5.13. The summed E-state index contributed by atoms with van der Waals surface area (Å²) in [5.74, 6) is 0.686. The number of imidazole rings is 1. The lowest BCUT2D eigenvalue weighted by Gasteiger charge is -2.30. The van der Waals surface area contributed by atoms with Crippen molar-refractivity contribution in [2.45, 2.75) is 51.3 Å². The van der Waals surface area contributed by atoms with Gasteiger partial charge in [-0.3, -0.25) is 9.13 Å². The van der Waals surface area contributed by atoms with Crippen LogP contribution in [0, 0.1) is 11.7 Å². The number of nitrogens with one attached hydrogen (secondary N) is 1. The van der Waals surface area contributed by atoms with Crippen LogP contribution in [0.15, 0.2) is 95.6 Å². The SMILES string of the molecule is COC(C)(C)n1cc(-c2ccnc(NC3CCC(C4=C/C=C\C=C/C=C\4)CC3)n2)n(-c2ccc(F)cc2)c1=O. The van der Waals surface area contributed by atoms with Crippen LogP contribution >= 0.6 is 0 Å². The zero-order valence-corrected chi connectivity index (χ0v) is 22.5. The van der Waals surface area contributed by atoms with Crippen LogP contribution in [0.3, 0.4) is 0 Å². The van der Waals surface area contributed by atoms with Gasteiger partial charge in [0, 0.05) is 25.5 Å². The minimum atomic E-state index is -0.892. The average molecular weight is 528 g/mol. The highest BCUT2D eigenvalue weighted by atomic mass is 19.1. The second-order valence-electron chi connectivity index (χ2n) is 10.4. The van der Waals surface area contributed by atoms with Crippen LogP contribution in [-0.2, 0) is 10.5 Å². The van der Waals surface area contributed by atoms with Crippen LogP contribution in [0.2, 0.25) is 0 Å². The predicted molar refractivity (Wildman–Crippen MR) is 152 cm³/mol. The van der Waals surface area contributed by atoms with Gasteiger partial charge in [-0.2, -0.15) is 0 Å². The number of rotatable bonds is 7. The van der Waals surface area contributed by atoms with E-state index in [4.69, 9.17) is 9.72 Å². The first-order chi connectivity index (χ1) is 18.9. The molecule has 2 heterocycles. The molecule has 5 rings (SSSR count). The minimum Gasteiger partial charge on any atom is -0.359 e. The van der Waals surface area contributed by atoms with Crippen LogP contribution in [0.4, 0.5) is 10.3 Å². The lowest BCUT2D eigenvalue weighted by Crippen LogP contribution is -2.37. The molecule has 1 aromatic carbocycles. The molecule has 0 bridgehead atoms. The normalized spacial score (nSPS) is 23.2. The smallest absolute Gasteiger partial charge is 0.335 e. The van der Waals surface area contributed by atoms with Crippen LogP contribution in [-0.4, -0.2) is 32.3 Å². The molecule has 2 aliphatic carbocycles. The van der Waals surface area contributed by atoms with Gasteiger partial charge in [-0.15, -0.1) is 0 Å². The van der Waals surface area contributed by atoms with E-state index in [9.17, 15) is 9.18 Å². The van der Waals surface area contributed by atoms with Gasteiger partial charge in [-0.25, -0.2) is 19.2 Å². The average Bonchev–Trinajstić information content (AvgIpc) is 3.28. The van der Waals surface area contributed by atoms with E-state index in [2.05, 4.69) is 46.8 Å². The summed E-state index contributed by atoms with van der Waals surface area (Å²) in [5, 5.41) is 3.51. The summed E-state index contributed by atoms with van der Waals surface area (Å²) in [5.41, 5.74) is 1.86. The number of nitrogens with zero attached hydrogens (tertiary/aromatic N) is 4. The first-order valence-electron chi connectivity index (χ1n) is 13.3. The van der Waals surface area contributed by atoms with Gasteiger partial charge in [0.15, 0.2) is 0 Å². The number of hydrogen-bond acceptors (Lipinski definition) is 5. The van der Waals surface area contributed by atoms with Crippen molar-refractivity contribution in [2.75, 3.05) is 12.4 Å². The molecule has 39 heavy (non-hydrogen) atoms. The summed E-state index contributed by atoms with van der Waals surface area (Å²) in [6.07, 6.45) is 22.4. The van der Waals surface area contributed by atoms with Gasteiger partial charge < -0.3 is 10.1 Å². The molecule has 2 aromatic heterocycles. The number of aromatic nitrogens is 4. The van der Waals surface area contributed by atoms with E-state index in [1.165, 1.54) is 26.8 Å². The maximum atomic E-state index is 13.7. The topological polar surface area (TPSA) is 74.0 Å². The van der Waals surface area contributed by atoms with Gasteiger partial charge in [0.05, 0.1) is 17.1 Å². The molecule has 0 unspecified atom stereocenters. The maximum absolute atomic E-state index is 13.7. The van der Waals surface area contributed by atoms with Crippen molar-refractivity contribution in [3.8, 4) is 17.1 Å². The summed E-state index contributed by atoms with van der Waals surface area (Å²) in [4.78, 5) is 22.8. The molecule has 2 aliphatic rings.